The summed E-state index contributed by atoms with van der Waals surface area (Å²) < 4.78 is 5.28. The first-order valence-electron chi connectivity index (χ1n) is 6.27. The number of piperidine rings is 1. The largest absolute Gasteiger partial charge is 0.481 e. The fourth-order valence-electron chi connectivity index (χ4n) is 2.06. The van der Waals surface area contributed by atoms with Gasteiger partial charge in [-0.2, -0.15) is 0 Å². The number of amides is 1. The number of aliphatic carboxylic acids is 1. The van der Waals surface area contributed by atoms with Crippen LogP contribution in [0, 0.1) is 11.3 Å². The molecule has 0 aromatic carbocycles. The van der Waals surface area contributed by atoms with Crippen LogP contribution in [0.5, 0.6) is 0 Å². The predicted molar refractivity (Wildman–Crippen MR) is 67.3 cm³/mol. The number of nitrogens with zero attached hydrogens (tertiary/aromatic N) is 1. The molecule has 0 aliphatic carbocycles. The third-order valence-corrected chi connectivity index (χ3v) is 3.58. The normalized spacial score (nSPS) is 28.9. The third-order valence-electron chi connectivity index (χ3n) is 3.58. The lowest BCUT2D eigenvalue weighted by Gasteiger charge is -2.42. The molecule has 0 radical (unpaired) electrons. The molecule has 0 bridgehead atoms. The summed E-state index contributed by atoms with van der Waals surface area (Å²) in [6, 6.07) is 0. The Morgan fingerprint density at radius 3 is 2.39 bits per heavy atom. The predicted octanol–water partition coefficient (Wildman–Crippen LogP) is 2.35. The van der Waals surface area contributed by atoms with E-state index in [1.807, 2.05) is 6.92 Å². The van der Waals surface area contributed by atoms with E-state index in [0.717, 1.165) is 0 Å². The zero-order chi connectivity index (χ0) is 14.1. The van der Waals surface area contributed by atoms with E-state index in [4.69, 9.17) is 4.74 Å². The van der Waals surface area contributed by atoms with Crippen molar-refractivity contribution < 1.29 is 19.4 Å². The summed E-state index contributed by atoms with van der Waals surface area (Å²) in [4.78, 5) is 24.8. The zero-order valence-electron chi connectivity index (χ0n) is 11.8. The minimum absolute atomic E-state index is 0.0497. The van der Waals surface area contributed by atoms with Crippen LogP contribution in [-0.2, 0) is 9.53 Å². The van der Waals surface area contributed by atoms with Crippen LogP contribution < -0.4 is 0 Å². The molecule has 1 fully saturated rings. The lowest BCUT2D eigenvalue weighted by Crippen LogP contribution is -2.53. The standard InChI is InChI=1S/C13H23NO4/c1-9-6-7-14(8-13(9,5)10(15)16)11(17)18-12(2,3)4/h9H,6-8H2,1-5H3,(H,15,16)/t9?,13-/m0/s1. The zero-order valence-corrected chi connectivity index (χ0v) is 11.8. The SMILES string of the molecule is CC1CCN(C(=O)OC(C)(C)C)C[C@]1(C)C(=O)O. The van der Waals surface area contributed by atoms with Gasteiger partial charge in [-0.15, -0.1) is 0 Å². The lowest BCUT2D eigenvalue weighted by atomic mass is 9.73. The second-order valence-electron chi connectivity index (χ2n) is 6.31. The van der Waals surface area contributed by atoms with Crippen LogP contribution in [0.25, 0.3) is 0 Å². The van der Waals surface area contributed by atoms with Gasteiger partial charge >= 0.3 is 12.1 Å². The summed E-state index contributed by atoms with van der Waals surface area (Å²) in [5.74, 6) is -0.808. The van der Waals surface area contributed by atoms with Crippen molar-refractivity contribution in [3.05, 3.63) is 0 Å². The Labute approximate surface area is 108 Å². The van der Waals surface area contributed by atoms with Crippen LogP contribution in [0.15, 0.2) is 0 Å². The molecule has 0 aromatic rings. The molecule has 1 heterocycles. The number of rotatable bonds is 1. The van der Waals surface area contributed by atoms with Crippen molar-refractivity contribution in [1.82, 2.24) is 4.90 Å². The van der Waals surface area contributed by atoms with Crippen molar-refractivity contribution in [3.63, 3.8) is 0 Å². The van der Waals surface area contributed by atoms with E-state index >= 15 is 0 Å². The van der Waals surface area contributed by atoms with Gasteiger partial charge in [0.2, 0.25) is 0 Å². The topological polar surface area (TPSA) is 66.8 Å². The number of ether oxygens (including phenoxy) is 1. The number of hydrogen-bond acceptors (Lipinski definition) is 3. The van der Waals surface area contributed by atoms with Gasteiger partial charge < -0.3 is 14.7 Å². The second kappa shape index (κ2) is 4.78. The molecule has 1 rings (SSSR count). The number of carbonyl (C=O) groups excluding carboxylic acids is 1. The van der Waals surface area contributed by atoms with E-state index in [-0.39, 0.29) is 12.5 Å². The van der Waals surface area contributed by atoms with Gasteiger partial charge in [-0.3, -0.25) is 4.79 Å². The average molecular weight is 257 g/mol. The van der Waals surface area contributed by atoms with E-state index in [2.05, 4.69) is 0 Å². The van der Waals surface area contributed by atoms with Crippen LogP contribution in [-0.4, -0.2) is 40.8 Å². The summed E-state index contributed by atoms with van der Waals surface area (Å²) in [7, 11) is 0. The lowest BCUT2D eigenvalue weighted by molar-refractivity contribution is -0.154. The molecular formula is C13H23NO4. The first kappa shape index (κ1) is 14.8. The Kier molecular flexibility index (Phi) is 3.93. The molecular weight excluding hydrogens is 234 g/mol. The van der Waals surface area contributed by atoms with Gasteiger partial charge in [-0.1, -0.05) is 6.92 Å². The maximum absolute atomic E-state index is 11.9. The highest BCUT2D eigenvalue weighted by molar-refractivity contribution is 5.77. The highest BCUT2D eigenvalue weighted by Crippen LogP contribution is 2.35. The molecule has 1 saturated heterocycles. The molecule has 104 valence electrons. The number of carbonyl (C=O) groups is 2. The van der Waals surface area contributed by atoms with Gasteiger partial charge in [0, 0.05) is 13.1 Å². The fraction of sp³-hybridized carbons (Fsp3) is 0.846. The number of carboxylic acid groups (broad SMARTS) is 1. The molecule has 5 heteroatoms. The van der Waals surface area contributed by atoms with Gasteiger partial charge in [-0.25, -0.2) is 4.79 Å². The van der Waals surface area contributed by atoms with E-state index < -0.39 is 23.1 Å². The minimum Gasteiger partial charge on any atom is -0.481 e. The Morgan fingerprint density at radius 1 is 1.39 bits per heavy atom. The number of likely N-dealkylation sites (tertiary alicyclic amines) is 1. The van der Waals surface area contributed by atoms with Crippen LogP contribution in [0.3, 0.4) is 0 Å². The van der Waals surface area contributed by atoms with Gasteiger partial charge in [0.05, 0.1) is 5.41 Å². The van der Waals surface area contributed by atoms with E-state index in [0.29, 0.717) is 13.0 Å². The highest BCUT2D eigenvalue weighted by Gasteiger charge is 2.45. The minimum atomic E-state index is -0.894. The third kappa shape index (κ3) is 3.15. The van der Waals surface area contributed by atoms with Gasteiger partial charge in [0.15, 0.2) is 0 Å². The van der Waals surface area contributed by atoms with Crippen LogP contribution >= 0.6 is 0 Å². The van der Waals surface area contributed by atoms with Crippen LogP contribution in [0.1, 0.15) is 41.0 Å². The highest BCUT2D eigenvalue weighted by atomic mass is 16.6. The first-order chi connectivity index (χ1) is 8.06. The summed E-state index contributed by atoms with van der Waals surface area (Å²) in [6.45, 7) is 9.77. The van der Waals surface area contributed by atoms with Crippen LogP contribution in [0.2, 0.25) is 0 Å². The molecule has 1 aliphatic rings. The summed E-state index contributed by atoms with van der Waals surface area (Å²) in [6.07, 6.45) is 0.254. The Balaban J connectivity index is 2.77. The Bertz CT molecular complexity index is 347. The molecule has 18 heavy (non-hydrogen) atoms. The number of hydrogen-bond donors (Lipinski definition) is 1. The average Bonchev–Trinajstić information content (AvgIpc) is 2.19. The van der Waals surface area contributed by atoms with Crippen molar-refractivity contribution in [2.45, 2.75) is 46.6 Å². The van der Waals surface area contributed by atoms with E-state index in [1.54, 1.807) is 27.7 Å². The van der Waals surface area contributed by atoms with Crippen molar-refractivity contribution in [3.8, 4) is 0 Å². The molecule has 1 unspecified atom stereocenters. The van der Waals surface area contributed by atoms with Crippen molar-refractivity contribution in [2.24, 2.45) is 11.3 Å². The van der Waals surface area contributed by atoms with Crippen molar-refractivity contribution in [1.29, 1.82) is 0 Å². The smallest absolute Gasteiger partial charge is 0.410 e. The van der Waals surface area contributed by atoms with Gasteiger partial charge in [0.25, 0.3) is 0 Å². The molecule has 2 atom stereocenters. The molecule has 5 nitrogen and oxygen atoms in total. The maximum atomic E-state index is 11.9. The Morgan fingerprint density at radius 2 is 1.94 bits per heavy atom. The summed E-state index contributed by atoms with van der Waals surface area (Å²) in [5, 5.41) is 9.32. The number of carboxylic acids is 1. The maximum Gasteiger partial charge on any atom is 0.410 e. The van der Waals surface area contributed by atoms with E-state index in [9.17, 15) is 14.7 Å². The monoisotopic (exact) mass is 257 g/mol. The molecule has 1 N–H and O–H groups in total. The van der Waals surface area contributed by atoms with Crippen LogP contribution in [0.4, 0.5) is 4.79 Å². The molecule has 0 aromatic heterocycles. The van der Waals surface area contributed by atoms with Crippen molar-refractivity contribution in [2.75, 3.05) is 13.1 Å². The van der Waals surface area contributed by atoms with Gasteiger partial charge in [-0.05, 0) is 40.0 Å². The molecule has 1 aliphatic heterocycles. The second-order valence-corrected chi connectivity index (χ2v) is 6.31. The molecule has 0 saturated carbocycles. The quantitative estimate of drug-likeness (QED) is 0.783. The molecule has 1 amide bonds. The fourth-order valence-corrected chi connectivity index (χ4v) is 2.06. The summed E-state index contributed by atoms with van der Waals surface area (Å²) in [5.41, 5.74) is -1.45. The Hall–Kier alpha value is -1.26. The van der Waals surface area contributed by atoms with E-state index in [1.165, 1.54) is 4.90 Å². The summed E-state index contributed by atoms with van der Waals surface area (Å²) >= 11 is 0. The van der Waals surface area contributed by atoms with Crippen molar-refractivity contribution >= 4 is 12.1 Å². The first-order valence-corrected chi connectivity index (χ1v) is 6.27. The molecule has 0 spiro atoms. The van der Waals surface area contributed by atoms with Gasteiger partial charge in [0.1, 0.15) is 5.60 Å².